The molecule has 25 heavy (non-hydrogen) atoms. The first-order valence-electron chi connectivity index (χ1n) is 8.28. The highest BCUT2D eigenvalue weighted by Crippen LogP contribution is 2.31. The van der Waals surface area contributed by atoms with Gasteiger partial charge in [-0.3, -0.25) is 0 Å². The van der Waals surface area contributed by atoms with Gasteiger partial charge in [0, 0.05) is 12.2 Å². The largest absolute Gasteiger partial charge is 0.497 e. The summed E-state index contributed by atoms with van der Waals surface area (Å²) < 4.78 is 16.8. The van der Waals surface area contributed by atoms with Crippen LogP contribution in [0, 0.1) is 0 Å². The third kappa shape index (κ3) is 4.15. The van der Waals surface area contributed by atoms with Crippen LogP contribution in [0.4, 0.5) is 10.5 Å². The minimum absolute atomic E-state index is 0.171. The van der Waals surface area contributed by atoms with E-state index in [0.29, 0.717) is 25.4 Å². The first kappa shape index (κ1) is 17.0. The van der Waals surface area contributed by atoms with E-state index in [1.165, 1.54) is 0 Å². The number of ether oxygens (including phenoxy) is 3. The number of nitrogens with one attached hydrogen (secondary N) is 1. The quantitative estimate of drug-likeness (QED) is 0.905. The standard InChI is InChI=1S/C19H22N2O4/c1-3-21(19(22)20-14-8-10-15(23-2)11-9-14)12-16-13-24-17-6-4-5-7-18(17)25-16/h4-11,16H,3,12-13H2,1-2H3,(H,20,22). The lowest BCUT2D eigenvalue weighted by Crippen LogP contribution is -2.45. The molecule has 0 bridgehead atoms. The van der Waals surface area contributed by atoms with Crippen LogP contribution in [0.2, 0.25) is 0 Å². The van der Waals surface area contributed by atoms with Crippen molar-refractivity contribution in [3.8, 4) is 17.2 Å². The van der Waals surface area contributed by atoms with Crippen LogP contribution in [0.3, 0.4) is 0 Å². The van der Waals surface area contributed by atoms with E-state index in [0.717, 1.165) is 17.2 Å². The van der Waals surface area contributed by atoms with Crippen LogP contribution < -0.4 is 19.5 Å². The minimum Gasteiger partial charge on any atom is -0.497 e. The summed E-state index contributed by atoms with van der Waals surface area (Å²) in [5.41, 5.74) is 0.718. The van der Waals surface area contributed by atoms with Crippen molar-refractivity contribution >= 4 is 11.7 Å². The highest BCUT2D eigenvalue weighted by Gasteiger charge is 2.24. The van der Waals surface area contributed by atoms with E-state index in [4.69, 9.17) is 14.2 Å². The molecule has 0 fully saturated rings. The number of likely N-dealkylation sites (N-methyl/N-ethyl adjacent to an activating group) is 1. The van der Waals surface area contributed by atoms with Gasteiger partial charge in [-0.25, -0.2) is 4.79 Å². The molecule has 0 saturated carbocycles. The van der Waals surface area contributed by atoms with Crippen molar-refractivity contribution in [3.05, 3.63) is 48.5 Å². The van der Waals surface area contributed by atoms with E-state index in [1.54, 1.807) is 36.3 Å². The number of benzene rings is 2. The Hall–Kier alpha value is -2.89. The number of hydrogen-bond donors (Lipinski definition) is 1. The average Bonchev–Trinajstić information content (AvgIpc) is 2.66. The number of carbonyl (C=O) groups is 1. The molecule has 1 heterocycles. The predicted octanol–water partition coefficient (Wildman–Crippen LogP) is 3.39. The molecule has 1 atom stereocenters. The van der Waals surface area contributed by atoms with Crippen LogP contribution in [-0.4, -0.2) is 43.8 Å². The first-order valence-corrected chi connectivity index (χ1v) is 8.28. The van der Waals surface area contributed by atoms with E-state index in [-0.39, 0.29) is 12.1 Å². The summed E-state index contributed by atoms with van der Waals surface area (Å²) in [6, 6.07) is 14.6. The van der Waals surface area contributed by atoms with Crippen molar-refractivity contribution in [1.82, 2.24) is 4.90 Å². The first-order chi connectivity index (χ1) is 12.2. The van der Waals surface area contributed by atoms with Gasteiger partial charge < -0.3 is 24.4 Å². The van der Waals surface area contributed by atoms with Crippen LogP contribution in [0.25, 0.3) is 0 Å². The topological polar surface area (TPSA) is 60.0 Å². The van der Waals surface area contributed by atoms with Crippen LogP contribution in [0.15, 0.2) is 48.5 Å². The zero-order chi connectivity index (χ0) is 17.6. The summed E-state index contributed by atoms with van der Waals surface area (Å²) in [6.45, 7) is 3.38. The number of para-hydroxylation sites is 2. The fourth-order valence-corrected chi connectivity index (χ4v) is 2.63. The van der Waals surface area contributed by atoms with Gasteiger partial charge in [0.2, 0.25) is 0 Å². The minimum atomic E-state index is -0.198. The lowest BCUT2D eigenvalue weighted by Gasteiger charge is -2.30. The fourth-order valence-electron chi connectivity index (χ4n) is 2.63. The van der Waals surface area contributed by atoms with Crippen molar-refractivity contribution < 1.29 is 19.0 Å². The van der Waals surface area contributed by atoms with Crippen LogP contribution in [-0.2, 0) is 0 Å². The van der Waals surface area contributed by atoms with Gasteiger partial charge in [0.1, 0.15) is 12.4 Å². The lowest BCUT2D eigenvalue weighted by molar-refractivity contribution is 0.0693. The lowest BCUT2D eigenvalue weighted by atomic mass is 10.2. The van der Waals surface area contributed by atoms with Crippen molar-refractivity contribution in [2.75, 3.05) is 32.1 Å². The normalized spacial score (nSPS) is 15.4. The van der Waals surface area contributed by atoms with E-state index < -0.39 is 0 Å². The smallest absolute Gasteiger partial charge is 0.321 e. The molecule has 6 heteroatoms. The maximum Gasteiger partial charge on any atom is 0.321 e. The third-order valence-electron chi connectivity index (χ3n) is 4.00. The molecule has 2 amide bonds. The Kier molecular flexibility index (Phi) is 5.28. The third-order valence-corrected chi connectivity index (χ3v) is 4.00. The van der Waals surface area contributed by atoms with Gasteiger partial charge in [0.25, 0.3) is 0 Å². The van der Waals surface area contributed by atoms with Crippen molar-refractivity contribution in [3.63, 3.8) is 0 Å². The van der Waals surface area contributed by atoms with Crippen LogP contribution in [0.1, 0.15) is 6.92 Å². The fraction of sp³-hybridized carbons (Fsp3) is 0.316. The van der Waals surface area contributed by atoms with E-state index in [1.807, 2.05) is 31.2 Å². The van der Waals surface area contributed by atoms with Gasteiger partial charge in [-0.2, -0.15) is 0 Å². The molecule has 0 spiro atoms. The Bertz CT molecular complexity index is 718. The number of methoxy groups -OCH3 is 1. The zero-order valence-corrected chi connectivity index (χ0v) is 14.4. The Morgan fingerprint density at radius 2 is 1.92 bits per heavy atom. The molecule has 0 aliphatic carbocycles. The number of urea groups is 1. The maximum atomic E-state index is 12.5. The van der Waals surface area contributed by atoms with Crippen molar-refractivity contribution in [2.45, 2.75) is 13.0 Å². The summed E-state index contributed by atoms with van der Waals surface area (Å²) >= 11 is 0. The molecule has 1 aliphatic rings. The van der Waals surface area contributed by atoms with E-state index in [2.05, 4.69) is 5.32 Å². The van der Waals surface area contributed by atoms with Crippen molar-refractivity contribution in [2.24, 2.45) is 0 Å². The summed E-state index contributed by atoms with van der Waals surface area (Å²) in [6.07, 6.45) is -0.198. The Labute approximate surface area is 147 Å². The van der Waals surface area contributed by atoms with E-state index >= 15 is 0 Å². The summed E-state index contributed by atoms with van der Waals surface area (Å²) in [5.74, 6) is 2.20. The average molecular weight is 342 g/mol. The summed E-state index contributed by atoms with van der Waals surface area (Å²) in [7, 11) is 1.61. The number of rotatable bonds is 5. The molecule has 1 N–H and O–H groups in total. The molecule has 6 nitrogen and oxygen atoms in total. The van der Waals surface area contributed by atoms with Crippen LogP contribution in [0.5, 0.6) is 17.2 Å². The molecule has 2 aromatic carbocycles. The predicted molar refractivity (Wildman–Crippen MR) is 95.6 cm³/mol. The molecule has 3 rings (SSSR count). The number of hydrogen-bond acceptors (Lipinski definition) is 4. The second kappa shape index (κ2) is 7.79. The molecule has 1 unspecified atom stereocenters. The molecular formula is C19H22N2O4. The van der Waals surface area contributed by atoms with E-state index in [9.17, 15) is 4.79 Å². The van der Waals surface area contributed by atoms with Gasteiger partial charge in [0.15, 0.2) is 17.6 Å². The Morgan fingerprint density at radius 3 is 2.60 bits per heavy atom. The number of carbonyl (C=O) groups excluding carboxylic acids is 1. The SMILES string of the molecule is CCN(CC1COc2ccccc2O1)C(=O)Nc1ccc(OC)cc1. The molecular weight excluding hydrogens is 320 g/mol. The monoisotopic (exact) mass is 342 g/mol. The number of amides is 2. The number of nitrogens with zero attached hydrogens (tertiary/aromatic N) is 1. The Balaban J connectivity index is 1.59. The second-order valence-electron chi connectivity index (χ2n) is 5.69. The van der Waals surface area contributed by atoms with Gasteiger partial charge >= 0.3 is 6.03 Å². The molecule has 2 aromatic rings. The number of fused-ring (bicyclic) bond motifs is 1. The second-order valence-corrected chi connectivity index (χ2v) is 5.69. The molecule has 0 saturated heterocycles. The maximum absolute atomic E-state index is 12.5. The van der Waals surface area contributed by atoms with Crippen LogP contribution >= 0.6 is 0 Å². The summed E-state index contributed by atoms with van der Waals surface area (Å²) in [5, 5.41) is 2.89. The van der Waals surface area contributed by atoms with Gasteiger partial charge in [-0.05, 0) is 43.3 Å². The number of anilines is 1. The van der Waals surface area contributed by atoms with Crippen molar-refractivity contribution in [1.29, 1.82) is 0 Å². The molecule has 0 radical (unpaired) electrons. The Morgan fingerprint density at radius 1 is 1.20 bits per heavy atom. The van der Waals surface area contributed by atoms with Gasteiger partial charge in [-0.15, -0.1) is 0 Å². The highest BCUT2D eigenvalue weighted by molar-refractivity contribution is 5.89. The van der Waals surface area contributed by atoms with Gasteiger partial charge in [0.05, 0.1) is 13.7 Å². The summed E-state index contributed by atoms with van der Waals surface area (Å²) in [4.78, 5) is 14.2. The highest BCUT2D eigenvalue weighted by atomic mass is 16.6. The van der Waals surface area contributed by atoms with Gasteiger partial charge in [-0.1, -0.05) is 12.1 Å². The molecule has 132 valence electrons. The molecule has 1 aliphatic heterocycles. The zero-order valence-electron chi connectivity index (χ0n) is 14.4. The molecule has 0 aromatic heterocycles.